The molecular formula is C22H27N5O4. The van der Waals surface area contributed by atoms with Crippen LogP contribution in [0, 0.1) is 12.8 Å². The highest BCUT2D eigenvalue weighted by Gasteiger charge is 2.26. The van der Waals surface area contributed by atoms with Gasteiger partial charge in [0, 0.05) is 17.3 Å². The molecule has 0 saturated heterocycles. The van der Waals surface area contributed by atoms with Crippen molar-refractivity contribution in [2.24, 2.45) is 15.9 Å². The van der Waals surface area contributed by atoms with E-state index in [1.54, 1.807) is 38.1 Å². The Morgan fingerprint density at radius 3 is 2.42 bits per heavy atom. The lowest BCUT2D eigenvalue weighted by atomic mass is 10.00. The maximum Gasteiger partial charge on any atom is 0.257 e. The molecule has 1 aromatic heterocycles. The van der Waals surface area contributed by atoms with Gasteiger partial charge in [0.15, 0.2) is 11.5 Å². The number of benzene rings is 1. The number of nitrogens with zero attached hydrogens (tertiary/aromatic N) is 4. The van der Waals surface area contributed by atoms with Crippen LogP contribution in [0.3, 0.4) is 0 Å². The van der Waals surface area contributed by atoms with Crippen LogP contribution >= 0.6 is 0 Å². The molecule has 0 radical (unpaired) electrons. The second-order valence-electron chi connectivity index (χ2n) is 7.03. The first-order valence-electron chi connectivity index (χ1n) is 10.3. The third kappa shape index (κ3) is 4.82. The molecule has 1 N–H and O–H groups in total. The molecule has 2 heterocycles. The van der Waals surface area contributed by atoms with Crippen molar-refractivity contribution >= 4 is 29.3 Å². The maximum atomic E-state index is 12.9. The number of hydrogen-bond acceptors (Lipinski definition) is 6. The highest BCUT2D eigenvalue weighted by Crippen LogP contribution is 2.29. The molecule has 9 nitrogen and oxygen atoms in total. The zero-order valence-corrected chi connectivity index (χ0v) is 18.4. The zero-order valence-electron chi connectivity index (χ0n) is 18.4. The summed E-state index contributed by atoms with van der Waals surface area (Å²) in [5.41, 5.74) is 1.72. The van der Waals surface area contributed by atoms with E-state index in [-0.39, 0.29) is 23.7 Å². The molecule has 1 aliphatic heterocycles. The summed E-state index contributed by atoms with van der Waals surface area (Å²) in [4.78, 5) is 33.8. The molecule has 0 aliphatic carbocycles. The number of carbonyl (C=O) groups excluding carboxylic acids is 2. The normalized spacial score (nSPS) is 15.9. The van der Waals surface area contributed by atoms with Gasteiger partial charge in [0.25, 0.3) is 17.8 Å². The lowest BCUT2D eigenvalue weighted by Gasteiger charge is -2.17. The Bertz CT molecular complexity index is 1050. The molecule has 1 atom stereocenters. The number of ether oxygens (including phenoxy) is 2. The van der Waals surface area contributed by atoms with Crippen molar-refractivity contribution in [3.05, 3.63) is 35.5 Å². The Hall–Kier alpha value is -3.49. The van der Waals surface area contributed by atoms with Crippen molar-refractivity contribution in [2.45, 2.75) is 41.0 Å². The van der Waals surface area contributed by atoms with Crippen molar-refractivity contribution in [3.63, 3.8) is 0 Å². The molecule has 1 unspecified atom stereocenters. The Kier molecular flexibility index (Phi) is 6.84. The summed E-state index contributed by atoms with van der Waals surface area (Å²) in [6.07, 6.45) is 0.632. The fourth-order valence-electron chi connectivity index (χ4n) is 3.30. The van der Waals surface area contributed by atoms with Gasteiger partial charge in [-0.05, 0) is 52.3 Å². The zero-order chi connectivity index (χ0) is 22.5. The highest BCUT2D eigenvalue weighted by atomic mass is 16.5. The number of amides is 2. The summed E-state index contributed by atoms with van der Waals surface area (Å²) in [5, 5.41) is 7.18. The van der Waals surface area contributed by atoms with Gasteiger partial charge in [-0.2, -0.15) is 14.8 Å². The largest absolute Gasteiger partial charge is 0.490 e. The van der Waals surface area contributed by atoms with Crippen molar-refractivity contribution in [3.8, 4) is 11.5 Å². The van der Waals surface area contributed by atoms with Crippen molar-refractivity contribution < 1.29 is 19.1 Å². The first kappa shape index (κ1) is 22.2. The van der Waals surface area contributed by atoms with E-state index in [2.05, 4.69) is 20.4 Å². The lowest BCUT2D eigenvalue weighted by Crippen LogP contribution is -2.30. The first-order chi connectivity index (χ1) is 14.9. The second kappa shape index (κ2) is 9.55. The number of rotatable bonds is 7. The van der Waals surface area contributed by atoms with Crippen molar-refractivity contribution in [2.75, 3.05) is 18.5 Å². The van der Waals surface area contributed by atoms with E-state index < -0.39 is 0 Å². The number of carbonyl (C=O) groups is 2. The Morgan fingerprint density at radius 1 is 1.06 bits per heavy atom. The van der Waals surface area contributed by atoms with E-state index in [1.165, 1.54) is 4.68 Å². The van der Waals surface area contributed by atoms with Crippen molar-refractivity contribution in [1.82, 2.24) is 9.78 Å². The van der Waals surface area contributed by atoms with Gasteiger partial charge in [-0.25, -0.2) is 4.99 Å². The number of nitrogens with one attached hydrogen (secondary N) is 1. The third-order valence-corrected chi connectivity index (χ3v) is 4.77. The van der Waals surface area contributed by atoms with Crippen LogP contribution in [0.5, 0.6) is 11.5 Å². The molecular weight excluding hydrogens is 398 g/mol. The van der Waals surface area contributed by atoms with Crippen LogP contribution in [0.15, 0.2) is 34.3 Å². The minimum Gasteiger partial charge on any atom is -0.490 e. The van der Waals surface area contributed by atoms with Crippen LogP contribution < -0.4 is 14.8 Å². The molecule has 0 bridgehead atoms. The van der Waals surface area contributed by atoms with Gasteiger partial charge in [0.2, 0.25) is 0 Å². The smallest absolute Gasteiger partial charge is 0.257 e. The Balaban J connectivity index is 1.89. The Labute approximate surface area is 181 Å². The minimum atomic E-state index is -0.361. The highest BCUT2D eigenvalue weighted by molar-refractivity contribution is 6.15. The van der Waals surface area contributed by atoms with Gasteiger partial charge in [0.05, 0.1) is 24.8 Å². The molecule has 1 aliphatic rings. The minimum absolute atomic E-state index is 0.136. The topological polar surface area (TPSA) is 107 Å². The summed E-state index contributed by atoms with van der Waals surface area (Å²) < 4.78 is 12.5. The average molecular weight is 425 g/mol. The molecule has 0 saturated carbocycles. The monoisotopic (exact) mass is 425 g/mol. The van der Waals surface area contributed by atoms with E-state index in [9.17, 15) is 9.59 Å². The van der Waals surface area contributed by atoms with E-state index in [0.29, 0.717) is 53.9 Å². The van der Waals surface area contributed by atoms with Gasteiger partial charge in [0.1, 0.15) is 5.82 Å². The standard InChI is InChI=1S/C22H27N5O4/c1-6-16-14(5)23-22(25-21(16)29)27-19(11-13(4)26-27)24-20(28)15-9-10-17(30-7-2)18(12-15)31-8-3/h9-12,16H,6-8H2,1-5H3,(H,24,28). The molecule has 1 aromatic carbocycles. The summed E-state index contributed by atoms with van der Waals surface area (Å²) in [6.45, 7) is 10.2. The molecule has 31 heavy (non-hydrogen) atoms. The predicted octanol–water partition coefficient (Wildman–Crippen LogP) is 3.47. The molecule has 3 rings (SSSR count). The quantitative estimate of drug-likeness (QED) is 0.731. The van der Waals surface area contributed by atoms with Crippen LogP contribution in [-0.2, 0) is 4.79 Å². The number of anilines is 1. The predicted molar refractivity (Wildman–Crippen MR) is 118 cm³/mol. The summed E-state index contributed by atoms with van der Waals surface area (Å²) in [6, 6.07) is 6.69. The summed E-state index contributed by atoms with van der Waals surface area (Å²) in [5.74, 6) is 0.634. The van der Waals surface area contributed by atoms with Crippen LogP contribution in [0.25, 0.3) is 0 Å². The number of aromatic nitrogens is 2. The molecule has 0 fully saturated rings. The van der Waals surface area contributed by atoms with E-state index in [1.807, 2.05) is 20.8 Å². The molecule has 9 heteroatoms. The van der Waals surface area contributed by atoms with Gasteiger partial charge in [-0.1, -0.05) is 6.92 Å². The lowest BCUT2D eigenvalue weighted by molar-refractivity contribution is -0.119. The fourth-order valence-corrected chi connectivity index (χ4v) is 3.30. The Morgan fingerprint density at radius 2 is 1.77 bits per heavy atom. The molecule has 2 aromatic rings. The molecule has 164 valence electrons. The van der Waals surface area contributed by atoms with Gasteiger partial charge in [-0.15, -0.1) is 0 Å². The molecule has 0 spiro atoms. The van der Waals surface area contributed by atoms with Gasteiger partial charge < -0.3 is 14.8 Å². The van der Waals surface area contributed by atoms with E-state index >= 15 is 0 Å². The van der Waals surface area contributed by atoms with E-state index in [0.717, 1.165) is 0 Å². The number of aryl methyl sites for hydroxylation is 1. The average Bonchev–Trinajstić information content (AvgIpc) is 3.09. The maximum absolute atomic E-state index is 12.9. The number of hydrogen-bond donors (Lipinski definition) is 1. The van der Waals surface area contributed by atoms with Crippen LogP contribution in [-0.4, -0.2) is 46.5 Å². The summed E-state index contributed by atoms with van der Waals surface area (Å²) >= 11 is 0. The van der Waals surface area contributed by atoms with E-state index in [4.69, 9.17) is 9.47 Å². The van der Waals surface area contributed by atoms with Crippen molar-refractivity contribution in [1.29, 1.82) is 0 Å². The van der Waals surface area contributed by atoms with Gasteiger partial charge in [-0.3, -0.25) is 9.59 Å². The van der Waals surface area contributed by atoms with Gasteiger partial charge >= 0.3 is 0 Å². The number of aliphatic imine (C=N–C) groups is 2. The second-order valence-corrected chi connectivity index (χ2v) is 7.03. The SMILES string of the molecule is CCOc1ccc(C(=O)Nc2cc(C)nn2C2=NC(=O)C(CC)C(C)=N2)cc1OCC. The van der Waals surface area contributed by atoms with Crippen LogP contribution in [0.4, 0.5) is 5.82 Å². The summed E-state index contributed by atoms with van der Waals surface area (Å²) in [7, 11) is 0. The third-order valence-electron chi connectivity index (χ3n) is 4.77. The molecule has 2 amide bonds. The van der Waals surface area contributed by atoms with Crippen LogP contribution in [0.2, 0.25) is 0 Å². The fraction of sp³-hybridized carbons (Fsp3) is 0.409. The first-order valence-corrected chi connectivity index (χ1v) is 10.3. The van der Waals surface area contributed by atoms with Crippen LogP contribution in [0.1, 0.15) is 50.2 Å².